The molecule has 1 amide bonds. The average Bonchev–Trinajstić information content (AvgIpc) is 3.23. The molecule has 0 aliphatic heterocycles. The van der Waals surface area contributed by atoms with E-state index in [2.05, 4.69) is 10.5 Å². The summed E-state index contributed by atoms with van der Waals surface area (Å²) in [6.07, 6.45) is 2.42. The quantitative estimate of drug-likeness (QED) is 0.238. The Morgan fingerprint density at radius 3 is 2.78 bits per heavy atom. The Bertz CT molecular complexity index is 1340. The lowest BCUT2D eigenvalue weighted by atomic mass is 10.0. The molecule has 4 aromatic rings. The minimum absolute atomic E-state index is 0.00615. The number of hydrazone groups is 1. The van der Waals surface area contributed by atoms with Crippen LogP contribution in [0.2, 0.25) is 0 Å². The Labute approximate surface area is 183 Å². The number of amides is 1. The number of non-ortho nitro benzene ring substituents is 1. The number of furan rings is 1. The Balaban J connectivity index is 1.59. The first-order valence-electron chi connectivity index (χ1n) is 10.2. The highest BCUT2D eigenvalue weighted by Crippen LogP contribution is 2.28. The molecule has 1 atom stereocenters. The molecule has 162 valence electrons. The summed E-state index contributed by atoms with van der Waals surface area (Å²) in [4.78, 5) is 22.9. The molecule has 0 radical (unpaired) electrons. The maximum atomic E-state index is 12.5. The first-order chi connectivity index (χ1) is 15.5. The van der Waals surface area contributed by atoms with Gasteiger partial charge in [0.05, 0.1) is 17.2 Å². The predicted octanol–water partition coefficient (Wildman–Crippen LogP) is 5.44. The monoisotopic (exact) mass is 431 g/mol. The number of benzene rings is 3. The van der Waals surface area contributed by atoms with Gasteiger partial charge in [0.25, 0.3) is 5.69 Å². The summed E-state index contributed by atoms with van der Waals surface area (Å²) in [6.45, 7) is 4.03. The van der Waals surface area contributed by atoms with E-state index in [4.69, 9.17) is 9.15 Å². The number of hydrogen-bond acceptors (Lipinski definition) is 6. The van der Waals surface area contributed by atoms with E-state index >= 15 is 0 Å². The summed E-state index contributed by atoms with van der Waals surface area (Å²) in [5.41, 5.74) is 3.51. The van der Waals surface area contributed by atoms with Crippen molar-refractivity contribution in [3.8, 4) is 5.75 Å². The zero-order valence-electron chi connectivity index (χ0n) is 17.6. The molecule has 1 N–H and O–H groups in total. The number of nitrogens with zero attached hydrogens (tertiary/aromatic N) is 2. The number of rotatable bonds is 7. The summed E-state index contributed by atoms with van der Waals surface area (Å²) < 4.78 is 11.5. The summed E-state index contributed by atoms with van der Waals surface area (Å²) in [6, 6.07) is 17.3. The molecule has 0 unspecified atom stereocenters. The number of carbonyl (C=O) groups excluding carboxylic acids is 1. The van der Waals surface area contributed by atoms with Gasteiger partial charge in [-0.1, -0.05) is 37.3 Å². The van der Waals surface area contributed by atoms with E-state index in [-0.39, 0.29) is 17.6 Å². The van der Waals surface area contributed by atoms with E-state index in [1.165, 1.54) is 24.3 Å². The van der Waals surface area contributed by atoms with Gasteiger partial charge in [0.1, 0.15) is 11.3 Å². The molecular formula is C24H21N3O5. The Kier molecular flexibility index (Phi) is 5.85. The van der Waals surface area contributed by atoms with Crippen LogP contribution in [0.5, 0.6) is 5.75 Å². The van der Waals surface area contributed by atoms with Crippen LogP contribution in [0.4, 0.5) is 5.69 Å². The fourth-order valence-electron chi connectivity index (χ4n) is 3.28. The number of nitro benzene ring substituents is 1. The molecule has 1 aromatic heterocycles. The van der Waals surface area contributed by atoms with Gasteiger partial charge in [-0.3, -0.25) is 14.9 Å². The van der Waals surface area contributed by atoms with Gasteiger partial charge in [0, 0.05) is 23.1 Å². The largest absolute Gasteiger partial charge is 0.490 e. The number of nitro groups is 1. The van der Waals surface area contributed by atoms with Gasteiger partial charge >= 0.3 is 5.91 Å². The Hall–Kier alpha value is -4.20. The molecule has 3 aromatic carbocycles. The van der Waals surface area contributed by atoms with Crippen molar-refractivity contribution >= 4 is 39.6 Å². The predicted molar refractivity (Wildman–Crippen MR) is 122 cm³/mol. The zero-order chi connectivity index (χ0) is 22.7. The SMILES string of the molecule is CC[C@H](C)Oc1ccc2ccccc2c1/C=N/NC(=O)c1cc2cc([N+](=O)[O-])ccc2o1. The summed E-state index contributed by atoms with van der Waals surface area (Å²) in [7, 11) is 0. The third kappa shape index (κ3) is 4.29. The lowest BCUT2D eigenvalue weighted by Crippen LogP contribution is -2.17. The highest BCUT2D eigenvalue weighted by Gasteiger charge is 2.15. The van der Waals surface area contributed by atoms with Gasteiger partial charge in [0.15, 0.2) is 5.76 Å². The number of ether oxygens (including phenoxy) is 1. The van der Waals surface area contributed by atoms with Crippen molar-refractivity contribution in [2.75, 3.05) is 0 Å². The molecule has 0 aliphatic carbocycles. The van der Waals surface area contributed by atoms with Crippen molar-refractivity contribution in [3.05, 3.63) is 82.1 Å². The van der Waals surface area contributed by atoms with Crippen molar-refractivity contribution in [2.24, 2.45) is 5.10 Å². The van der Waals surface area contributed by atoms with Crippen LogP contribution in [0.1, 0.15) is 36.4 Å². The van der Waals surface area contributed by atoms with Crippen LogP contribution in [-0.4, -0.2) is 23.1 Å². The minimum atomic E-state index is -0.565. The van der Waals surface area contributed by atoms with Crippen LogP contribution in [0.25, 0.3) is 21.7 Å². The van der Waals surface area contributed by atoms with Crippen LogP contribution < -0.4 is 10.2 Å². The van der Waals surface area contributed by atoms with Crippen LogP contribution >= 0.6 is 0 Å². The van der Waals surface area contributed by atoms with E-state index in [9.17, 15) is 14.9 Å². The molecule has 0 saturated heterocycles. The van der Waals surface area contributed by atoms with Crippen LogP contribution in [0.3, 0.4) is 0 Å². The molecule has 1 heterocycles. The first-order valence-corrected chi connectivity index (χ1v) is 10.2. The van der Waals surface area contributed by atoms with E-state index in [1.54, 1.807) is 6.21 Å². The van der Waals surface area contributed by atoms with E-state index in [0.29, 0.717) is 16.7 Å². The maximum Gasteiger partial charge on any atom is 0.307 e. The summed E-state index contributed by atoms with van der Waals surface area (Å²) in [5, 5.41) is 17.5. The zero-order valence-corrected chi connectivity index (χ0v) is 17.6. The van der Waals surface area contributed by atoms with Crippen molar-refractivity contribution < 1.29 is 18.9 Å². The normalized spacial score (nSPS) is 12.3. The first kappa shape index (κ1) is 21.0. The minimum Gasteiger partial charge on any atom is -0.490 e. The van der Waals surface area contributed by atoms with Gasteiger partial charge in [0.2, 0.25) is 0 Å². The van der Waals surface area contributed by atoms with Crippen LogP contribution in [-0.2, 0) is 0 Å². The van der Waals surface area contributed by atoms with Gasteiger partial charge in [-0.25, -0.2) is 5.43 Å². The molecule has 0 saturated carbocycles. The highest BCUT2D eigenvalue weighted by atomic mass is 16.6. The summed E-state index contributed by atoms with van der Waals surface area (Å²) in [5.74, 6) is 0.114. The van der Waals surface area contributed by atoms with Gasteiger partial charge in [-0.05, 0) is 42.3 Å². The smallest absolute Gasteiger partial charge is 0.307 e. The average molecular weight is 431 g/mol. The molecule has 8 heteroatoms. The van der Waals surface area contributed by atoms with Crippen molar-refractivity contribution in [1.82, 2.24) is 5.43 Å². The molecule has 0 bridgehead atoms. The second-order valence-electron chi connectivity index (χ2n) is 7.32. The molecule has 32 heavy (non-hydrogen) atoms. The highest BCUT2D eigenvalue weighted by molar-refractivity contribution is 6.03. The third-order valence-electron chi connectivity index (χ3n) is 5.13. The Morgan fingerprint density at radius 1 is 1.19 bits per heavy atom. The number of hydrogen-bond donors (Lipinski definition) is 1. The second kappa shape index (κ2) is 8.89. The van der Waals surface area contributed by atoms with Crippen molar-refractivity contribution in [3.63, 3.8) is 0 Å². The molecular weight excluding hydrogens is 410 g/mol. The molecule has 0 fully saturated rings. The topological polar surface area (TPSA) is 107 Å². The lowest BCUT2D eigenvalue weighted by molar-refractivity contribution is -0.384. The van der Waals surface area contributed by atoms with Gasteiger partial charge in [-0.15, -0.1) is 0 Å². The fraction of sp³-hybridized carbons (Fsp3) is 0.167. The second-order valence-corrected chi connectivity index (χ2v) is 7.32. The molecule has 8 nitrogen and oxygen atoms in total. The molecule has 0 aliphatic rings. The van der Waals surface area contributed by atoms with Crippen molar-refractivity contribution in [2.45, 2.75) is 26.4 Å². The fourth-order valence-corrected chi connectivity index (χ4v) is 3.28. The summed E-state index contributed by atoms with van der Waals surface area (Å²) >= 11 is 0. The van der Waals surface area contributed by atoms with E-state index in [0.717, 1.165) is 22.8 Å². The van der Waals surface area contributed by atoms with Crippen LogP contribution in [0.15, 0.2) is 70.2 Å². The lowest BCUT2D eigenvalue weighted by Gasteiger charge is -2.16. The number of nitrogens with one attached hydrogen (secondary N) is 1. The number of fused-ring (bicyclic) bond motifs is 2. The van der Waals surface area contributed by atoms with Gasteiger partial charge < -0.3 is 9.15 Å². The van der Waals surface area contributed by atoms with E-state index in [1.807, 2.05) is 50.2 Å². The third-order valence-corrected chi connectivity index (χ3v) is 5.13. The van der Waals surface area contributed by atoms with Crippen molar-refractivity contribution in [1.29, 1.82) is 0 Å². The molecule has 4 rings (SSSR count). The van der Waals surface area contributed by atoms with Gasteiger partial charge in [-0.2, -0.15) is 5.10 Å². The number of carbonyl (C=O) groups is 1. The maximum absolute atomic E-state index is 12.5. The molecule has 0 spiro atoms. The standard InChI is InChI=1S/C24H21N3O5/c1-3-15(2)31-22-10-8-16-6-4-5-7-19(16)20(22)14-25-26-24(28)23-13-17-12-18(27(29)30)9-11-21(17)32-23/h4-15H,3H2,1-2H3,(H,26,28)/b25-14+/t15-/m0/s1. The van der Waals surface area contributed by atoms with E-state index < -0.39 is 10.8 Å². The Morgan fingerprint density at radius 2 is 2.00 bits per heavy atom. The van der Waals surface area contributed by atoms with Crippen LogP contribution in [0, 0.1) is 10.1 Å².